The number of hydrogen-bond acceptors (Lipinski definition) is 9. The van der Waals surface area contributed by atoms with Crippen LogP contribution in [0.25, 0.3) is 0 Å². The van der Waals surface area contributed by atoms with E-state index >= 15 is 0 Å². The molecule has 0 spiro atoms. The average molecular weight is 523 g/mol. The number of carboxylic acid groups (broad SMARTS) is 4. The van der Waals surface area contributed by atoms with Crippen molar-refractivity contribution in [2.24, 2.45) is 5.73 Å². The van der Waals surface area contributed by atoms with Gasteiger partial charge in [0.15, 0.2) is 0 Å². The van der Waals surface area contributed by atoms with Crippen LogP contribution >= 0.6 is 11.8 Å². The summed E-state index contributed by atoms with van der Waals surface area (Å²) in [6.07, 6.45) is -0.816. The Hall–Kier alpha value is -3.40. The molecular weight excluding hydrogens is 492 g/mol. The van der Waals surface area contributed by atoms with Crippen molar-refractivity contribution >= 4 is 53.4 Å². The van der Waals surface area contributed by atoms with Gasteiger partial charge in [0, 0.05) is 12.8 Å². The Kier molecular flexibility index (Phi) is 14.7. The van der Waals surface area contributed by atoms with Crippen LogP contribution in [0.15, 0.2) is 0 Å². The molecule has 0 aliphatic rings. The van der Waals surface area contributed by atoms with Crippen molar-refractivity contribution in [3.8, 4) is 0 Å². The van der Waals surface area contributed by atoms with Gasteiger partial charge in [0.2, 0.25) is 17.7 Å². The molecule has 0 bridgehead atoms. The van der Waals surface area contributed by atoms with E-state index in [2.05, 4.69) is 16.0 Å². The zero-order valence-electron chi connectivity index (χ0n) is 18.9. The summed E-state index contributed by atoms with van der Waals surface area (Å²) in [6, 6.07) is -5.87. The summed E-state index contributed by atoms with van der Waals surface area (Å²) in [5, 5.41) is 42.3. The Bertz CT molecular complexity index is 808. The average Bonchev–Trinajstić information content (AvgIpc) is 2.75. The highest BCUT2D eigenvalue weighted by Gasteiger charge is 2.31. The van der Waals surface area contributed by atoms with Crippen molar-refractivity contribution < 1.29 is 54.0 Å². The van der Waals surface area contributed by atoms with Gasteiger partial charge in [-0.1, -0.05) is 0 Å². The normalized spacial score (nSPS) is 14.0. The van der Waals surface area contributed by atoms with Gasteiger partial charge in [-0.05, 0) is 31.3 Å². The van der Waals surface area contributed by atoms with Crippen LogP contribution in [0.3, 0.4) is 0 Å². The number of amides is 3. The van der Waals surface area contributed by atoms with Crippen molar-refractivity contribution in [1.29, 1.82) is 0 Å². The maximum Gasteiger partial charge on any atom is 0.326 e. The van der Waals surface area contributed by atoms with Crippen LogP contribution < -0.4 is 21.7 Å². The summed E-state index contributed by atoms with van der Waals surface area (Å²) in [5.41, 5.74) is 5.57. The van der Waals surface area contributed by atoms with E-state index in [1.807, 2.05) is 0 Å². The van der Waals surface area contributed by atoms with Crippen LogP contribution in [0.2, 0.25) is 0 Å². The highest BCUT2D eigenvalue weighted by Crippen LogP contribution is 2.06. The van der Waals surface area contributed by atoms with Crippen molar-refractivity contribution in [2.75, 3.05) is 12.0 Å². The lowest BCUT2D eigenvalue weighted by atomic mass is 10.1. The second-order valence-electron chi connectivity index (χ2n) is 7.37. The lowest BCUT2D eigenvalue weighted by Gasteiger charge is -2.24. The predicted molar refractivity (Wildman–Crippen MR) is 120 cm³/mol. The fraction of sp³-hybridized carbons (Fsp3) is 0.632. The minimum atomic E-state index is -1.66. The van der Waals surface area contributed by atoms with E-state index in [-0.39, 0.29) is 12.8 Å². The SMILES string of the molecule is CSCCC(NC(=O)C(CC(=O)O)NC(=O)C(N)CCC(=O)O)C(=O)NC(CCC(=O)O)C(=O)O. The van der Waals surface area contributed by atoms with Gasteiger partial charge in [0.1, 0.15) is 18.1 Å². The summed E-state index contributed by atoms with van der Waals surface area (Å²) < 4.78 is 0. The molecule has 15 nitrogen and oxygen atoms in total. The largest absolute Gasteiger partial charge is 0.481 e. The highest BCUT2D eigenvalue weighted by atomic mass is 32.2. The number of thioether (sulfide) groups is 1. The smallest absolute Gasteiger partial charge is 0.326 e. The minimum Gasteiger partial charge on any atom is -0.481 e. The molecule has 0 aromatic rings. The molecule has 4 atom stereocenters. The molecule has 0 aromatic carbocycles. The number of nitrogens with one attached hydrogen (secondary N) is 3. The number of hydrogen-bond donors (Lipinski definition) is 8. The van der Waals surface area contributed by atoms with E-state index < -0.39 is 91.4 Å². The number of aliphatic carboxylic acids is 4. The monoisotopic (exact) mass is 522 g/mol. The van der Waals surface area contributed by atoms with Crippen molar-refractivity contribution in [1.82, 2.24) is 16.0 Å². The highest BCUT2D eigenvalue weighted by molar-refractivity contribution is 7.98. The minimum absolute atomic E-state index is 0.00979. The van der Waals surface area contributed by atoms with Crippen LogP contribution in [-0.4, -0.2) is 98.2 Å². The maximum absolute atomic E-state index is 12.7. The first-order chi connectivity index (χ1) is 16.3. The third-order valence-corrected chi connectivity index (χ3v) is 5.17. The van der Waals surface area contributed by atoms with Crippen LogP contribution in [0.5, 0.6) is 0 Å². The molecule has 0 rings (SSSR count). The Labute approximate surface area is 204 Å². The molecule has 0 fully saturated rings. The topological polar surface area (TPSA) is 263 Å². The molecule has 0 aliphatic carbocycles. The van der Waals surface area contributed by atoms with E-state index in [0.717, 1.165) is 0 Å². The maximum atomic E-state index is 12.7. The summed E-state index contributed by atoms with van der Waals surface area (Å²) in [4.78, 5) is 81.4. The van der Waals surface area contributed by atoms with Gasteiger partial charge in [0.05, 0.1) is 12.5 Å². The van der Waals surface area contributed by atoms with E-state index in [0.29, 0.717) is 5.75 Å². The summed E-state index contributed by atoms with van der Waals surface area (Å²) >= 11 is 1.30. The molecule has 0 heterocycles. The van der Waals surface area contributed by atoms with E-state index in [4.69, 9.17) is 21.1 Å². The molecule has 4 unspecified atom stereocenters. The lowest BCUT2D eigenvalue weighted by Crippen LogP contribution is -2.57. The molecule has 35 heavy (non-hydrogen) atoms. The van der Waals surface area contributed by atoms with Gasteiger partial charge in [-0.25, -0.2) is 4.79 Å². The number of rotatable bonds is 18. The predicted octanol–water partition coefficient (Wildman–Crippen LogP) is -2.19. The van der Waals surface area contributed by atoms with Crippen molar-refractivity contribution in [2.45, 2.75) is 62.7 Å². The molecular formula is C19H30N4O11S. The number of carbonyl (C=O) groups excluding carboxylic acids is 3. The first kappa shape index (κ1) is 31.6. The van der Waals surface area contributed by atoms with Crippen LogP contribution in [0.4, 0.5) is 0 Å². The molecule has 0 saturated carbocycles. The molecule has 9 N–H and O–H groups in total. The van der Waals surface area contributed by atoms with E-state index in [9.17, 15) is 38.7 Å². The zero-order chi connectivity index (χ0) is 27.1. The van der Waals surface area contributed by atoms with Gasteiger partial charge in [0.25, 0.3) is 0 Å². The number of nitrogens with two attached hydrogens (primary N) is 1. The third kappa shape index (κ3) is 13.8. The van der Waals surface area contributed by atoms with Gasteiger partial charge in [-0.15, -0.1) is 0 Å². The molecule has 3 amide bonds. The first-order valence-electron chi connectivity index (χ1n) is 10.3. The van der Waals surface area contributed by atoms with Crippen molar-refractivity contribution in [3.63, 3.8) is 0 Å². The molecule has 198 valence electrons. The third-order valence-electron chi connectivity index (χ3n) is 4.52. The second kappa shape index (κ2) is 16.3. The molecule has 0 saturated heterocycles. The van der Waals surface area contributed by atoms with E-state index in [1.54, 1.807) is 6.26 Å². The standard InChI is InChI=1S/C19H30N4O11S/c1-35-7-6-10(17(31)22-11(19(33)34)3-5-14(26)27)21-18(32)12(8-15(28)29)23-16(30)9(20)2-4-13(24)25/h9-12H,2-8,20H2,1H3,(H,21,32)(H,22,31)(H,23,30)(H,24,25)(H,26,27)(H,28,29)(H,33,34). The van der Waals surface area contributed by atoms with E-state index in [1.165, 1.54) is 11.8 Å². The number of carboxylic acids is 4. The molecule has 0 aromatic heterocycles. The van der Waals surface area contributed by atoms with Gasteiger partial charge in [-0.2, -0.15) is 11.8 Å². The second-order valence-corrected chi connectivity index (χ2v) is 8.36. The first-order valence-corrected chi connectivity index (χ1v) is 11.7. The molecule has 0 aliphatic heterocycles. The Balaban J connectivity index is 5.46. The Morgan fingerprint density at radius 1 is 0.686 bits per heavy atom. The fourth-order valence-electron chi connectivity index (χ4n) is 2.65. The van der Waals surface area contributed by atoms with Crippen molar-refractivity contribution in [3.05, 3.63) is 0 Å². The Morgan fingerprint density at radius 3 is 1.66 bits per heavy atom. The quantitative estimate of drug-likeness (QED) is 0.0952. The Morgan fingerprint density at radius 2 is 1.17 bits per heavy atom. The zero-order valence-corrected chi connectivity index (χ0v) is 19.7. The molecule has 0 radical (unpaired) electrons. The summed E-state index contributed by atoms with van der Waals surface area (Å²) in [7, 11) is 0. The molecule has 16 heteroatoms. The lowest BCUT2D eigenvalue weighted by molar-refractivity contribution is -0.144. The summed E-state index contributed by atoms with van der Waals surface area (Å²) in [5.74, 6) is -8.08. The van der Waals surface area contributed by atoms with Crippen LogP contribution in [-0.2, 0) is 33.6 Å². The number of carbonyl (C=O) groups is 7. The van der Waals surface area contributed by atoms with Gasteiger partial charge >= 0.3 is 23.9 Å². The van der Waals surface area contributed by atoms with Crippen LogP contribution in [0, 0.1) is 0 Å². The van der Waals surface area contributed by atoms with Gasteiger partial charge < -0.3 is 42.1 Å². The fourth-order valence-corrected chi connectivity index (χ4v) is 3.12. The van der Waals surface area contributed by atoms with Crippen LogP contribution in [0.1, 0.15) is 38.5 Å². The van der Waals surface area contributed by atoms with Gasteiger partial charge in [-0.3, -0.25) is 28.8 Å². The summed E-state index contributed by atoms with van der Waals surface area (Å²) in [6.45, 7) is 0.